The Bertz CT molecular complexity index is 289. The van der Waals surface area contributed by atoms with Gasteiger partial charge >= 0.3 is 0 Å². The molecule has 3 nitrogen and oxygen atoms in total. The molecule has 0 atom stereocenters. The van der Waals surface area contributed by atoms with Gasteiger partial charge in [-0.25, -0.2) is 0 Å². The monoisotopic (exact) mass is 294 g/mol. The molecule has 0 unspecified atom stereocenters. The lowest BCUT2D eigenvalue weighted by Crippen LogP contribution is -2.16. The number of ether oxygens (including phenoxy) is 1. The van der Waals surface area contributed by atoms with Gasteiger partial charge in [0.2, 0.25) is 0 Å². The molecular formula is C18H30O3. The van der Waals surface area contributed by atoms with Gasteiger partial charge in [-0.1, -0.05) is 0 Å². The fourth-order valence-electron chi connectivity index (χ4n) is 3.48. The fraction of sp³-hybridized carbons (Fsp3) is 0.778. The van der Waals surface area contributed by atoms with E-state index in [-0.39, 0.29) is 0 Å². The predicted molar refractivity (Wildman–Crippen MR) is 84.4 cm³/mol. The van der Waals surface area contributed by atoms with Crippen LogP contribution in [0.15, 0.2) is 24.7 Å². The van der Waals surface area contributed by atoms with Gasteiger partial charge in [-0.05, 0) is 87.2 Å². The Hall–Kier alpha value is -0.800. The summed E-state index contributed by atoms with van der Waals surface area (Å²) in [7, 11) is 0. The SMILES string of the molecule is OCC1CCC(C=COC=CC2CCC(CO)CC2)CC1. The van der Waals surface area contributed by atoms with Crippen molar-refractivity contribution in [2.24, 2.45) is 23.7 Å². The minimum absolute atomic E-state index is 0.341. The molecule has 0 aromatic rings. The third-order valence-electron chi connectivity index (χ3n) is 5.16. The highest BCUT2D eigenvalue weighted by molar-refractivity contribution is 4.91. The first kappa shape index (κ1) is 16.6. The predicted octanol–water partition coefficient (Wildman–Crippen LogP) is 3.63. The van der Waals surface area contributed by atoms with E-state index >= 15 is 0 Å². The highest BCUT2D eigenvalue weighted by Crippen LogP contribution is 2.30. The molecule has 21 heavy (non-hydrogen) atoms. The van der Waals surface area contributed by atoms with Crippen LogP contribution in [0, 0.1) is 23.7 Å². The maximum absolute atomic E-state index is 9.11. The molecule has 2 rings (SSSR count). The molecule has 0 aromatic carbocycles. The number of hydrogen-bond acceptors (Lipinski definition) is 3. The zero-order valence-electron chi connectivity index (χ0n) is 13.0. The maximum atomic E-state index is 9.11. The summed E-state index contributed by atoms with van der Waals surface area (Å²) in [5.41, 5.74) is 0. The zero-order chi connectivity index (χ0) is 14.9. The largest absolute Gasteiger partial charge is 0.473 e. The van der Waals surface area contributed by atoms with E-state index in [4.69, 9.17) is 14.9 Å². The van der Waals surface area contributed by atoms with Crippen LogP contribution in [0.5, 0.6) is 0 Å². The van der Waals surface area contributed by atoms with E-state index < -0.39 is 0 Å². The van der Waals surface area contributed by atoms with Gasteiger partial charge in [-0.15, -0.1) is 0 Å². The van der Waals surface area contributed by atoms with Crippen LogP contribution >= 0.6 is 0 Å². The normalized spacial score (nSPS) is 34.6. The first-order chi connectivity index (χ1) is 10.3. The first-order valence-electron chi connectivity index (χ1n) is 8.52. The van der Waals surface area contributed by atoms with E-state index in [2.05, 4.69) is 12.2 Å². The van der Waals surface area contributed by atoms with Crippen molar-refractivity contribution in [3.8, 4) is 0 Å². The molecule has 0 heterocycles. The van der Waals surface area contributed by atoms with Gasteiger partial charge in [-0.3, -0.25) is 0 Å². The number of aliphatic hydroxyl groups is 2. The number of allylic oxidation sites excluding steroid dienone is 2. The summed E-state index contributed by atoms with van der Waals surface area (Å²) in [4.78, 5) is 0. The van der Waals surface area contributed by atoms with E-state index in [1.54, 1.807) is 0 Å². The van der Waals surface area contributed by atoms with Crippen molar-refractivity contribution in [3.63, 3.8) is 0 Å². The molecule has 2 fully saturated rings. The zero-order valence-corrected chi connectivity index (χ0v) is 13.0. The molecular weight excluding hydrogens is 264 g/mol. The molecule has 2 aliphatic carbocycles. The lowest BCUT2D eigenvalue weighted by atomic mass is 9.82. The highest BCUT2D eigenvalue weighted by Gasteiger charge is 2.19. The van der Waals surface area contributed by atoms with Gasteiger partial charge in [-0.2, -0.15) is 0 Å². The van der Waals surface area contributed by atoms with Crippen molar-refractivity contribution < 1.29 is 14.9 Å². The molecule has 0 spiro atoms. The summed E-state index contributed by atoms with van der Waals surface area (Å²) in [5.74, 6) is 2.26. The third kappa shape index (κ3) is 5.84. The van der Waals surface area contributed by atoms with Crippen LogP contribution in [-0.4, -0.2) is 23.4 Å². The van der Waals surface area contributed by atoms with Crippen LogP contribution in [-0.2, 0) is 4.74 Å². The van der Waals surface area contributed by atoms with Gasteiger partial charge in [0, 0.05) is 13.2 Å². The number of hydrogen-bond donors (Lipinski definition) is 2. The average Bonchev–Trinajstić information content (AvgIpc) is 2.55. The quantitative estimate of drug-likeness (QED) is 0.736. The standard InChI is InChI=1S/C18H30O3/c19-13-17-5-1-15(2-6-17)9-11-21-12-10-16-3-7-18(14-20)8-4-16/h9-12,15-20H,1-8,13-14H2. The van der Waals surface area contributed by atoms with Gasteiger partial charge in [0.05, 0.1) is 12.5 Å². The second-order valence-corrected chi connectivity index (χ2v) is 6.72. The number of aliphatic hydroxyl groups excluding tert-OH is 2. The molecule has 120 valence electrons. The van der Waals surface area contributed by atoms with Gasteiger partial charge < -0.3 is 14.9 Å². The molecule has 2 saturated carbocycles. The third-order valence-corrected chi connectivity index (χ3v) is 5.16. The van der Waals surface area contributed by atoms with Crippen LogP contribution in [0.1, 0.15) is 51.4 Å². The summed E-state index contributed by atoms with van der Waals surface area (Å²) in [5, 5.41) is 18.2. The fourth-order valence-corrected chi connectivity index (χ4v) is 3.48. The van der Waals surface area contributed by atoms with Crippen molar-refractivity contribution in [2.45, 2.75) is 51.4 Å². The molecule has 0 bridgehead atoms. The molecule has 0 radical (unpaired) electrons. The topological polar surface area (TPSA) is 49.7 Å². The van der Waals surface area contributed by atoms with E-state index in [1.165, 1.54) is 25.7 Å². The second-order valence-electron chi connectivity index (χ2n) is 6.72. The molecule has 2 aliphatic rings. The highest BCUT2D eigenvalue weighted by atomic mass is 16.5. The molecule has 0 amide bonds. The minimum atomic E-state index is 0.341. The summed E-state index contributed by atoms with van der Waals surface area (Å²) < 4.78 is 5.49. The van der Waals surface area contributed by atoms with Crippen LogP contribution in [0.4, 0.5) is 0 Å². The Morgan fingerprint density at radius 2 is 1.05 bits per heavy atom. The Kier molecular flexibility index (Phi) is 7.31. The Morgan fingerprint density at radius 3 is 1.38 bits per heavy atom. The van der Waals surface area contributed by atoms with E-state index in [0.29, 0.717) is 36.9 Å². The van der Waals surface area contributed by atoms with Crippen molar-refractivity contribution >= 4 is 0 Å². The van der Waals surface area contributed by atoms with Gasteiger partial charge in [0.1, 0.15) is 0 Å². The molecule has 2 N–H and O–H groups in total. The Morgan fingerprint density at radius 1 is 0.667 bits per heavy atom. The minimum Gasteiger partial charge on any atom is -0.473 e. The lowest BCUT2D eigenvalue weighted by molar-refractivity contribution is 0.176. The van der Waals surface area contributed by atoms with Crippen LogP contribution in [0.2, 0.25) is 0 Å². The van der Waals surface area contributed by atoms with Crippen LogP contribution in [0.3, 0.4) is 0 Å². The Labute approximate surface area is 128 Å². The van der Waals surface area contributed by atoms with Crippen molar-refractivity contribution in [1.82, 2.24) is 0 Å². The average molecular weight is 294 g/mol. The summed E-state index contributed by atoms with van der Waals surface area (Å²) in [6.07, 6.45) is 17.2. The first-order valence-corrected chi connectivity index (χ1v) is 8.52. The molecule has 3 heteroatoms. The van der Waals surface area contributed by atoms with Crippen molar-refractivity contribution in [1.29, 1.82) is 0 Å². The lowest BCUT2D eigenvalue weighted by Gasteiger charge is -2.25. The van der Waals surface area contributed by atoms with Gasteiger partial charge in [0.25, 0.3) is 0 Å². The van der Waals surface area contributed by atoms with Crippen molar-refractivity contribution in [2.75, 3.05) is 13.2 Å². The van der Waals surface area contributed by atoms with Crippen LogP contribution < -0.4 is 0 Å². The number of rotatable bonds is 6. The molecule has 0 aliphatic heterocycles. The van der Waals surface area contributed by atoms with E-state index in [0.717, 1.165) is 25.7 Å². The van der Waals surface area contributed by atoms with E-state index in [1.807, 2.05) is 12.5 Å². The summed E-state index contributed by atoms with van der Waals surface area (Å²) in [6, 6.07) is 0. The smallest absolute Gasteiger partial charge is 0.0864 e. The Balaban J connectivity index is 1.59. The second kappa shape index (κ2) is 9.26. The van der Waals surface area contributed by atoms with E-state index in [9.17, 15) is 0 Å². The maximum Gasteiger partial charge on any atom is 0.0864 e. The van der Waals surface area contributed by atoms with Gasteiger partial charge in [0.15, 0.2) is 0 Å². The molecule has 0 saturated heterocycles. The van der Waals surface area contributed by atoms with Crippen molar-refractivity contribution in [3.05, 3.63) is 24.7 Å². The molecule has 0 aromatic heterocycles. The summed E-state index contributed by atoms with van der Waals surface area (Å²) in [6.45, 7) is 0.683. The van der Waals surface area contributed by atoms with Crippen LogP contribution in [0.25, 0.3) is 0 Å². The summed E-state index contributed by atoms with van der Waals surface area (Å²) >= 11 is 0.